The van der Waals surface area contributed by atoms with Crippen LogP contribution in [-0.2, 0) is 24.0 Å². The molecule has 10 heteroatoms. The fourth-order valence-corrected chi connectivity index (χ4v) is 2.66. The maximum atomic E-state index is 12.7. The number of aliphatic carboxylic acids is 1. The number of carbonyl (C=O) groups excluding carboxylic acids is 4. The van der Waals surface area contributed by atoms with Gasteiger partial charge in [0.2, 0.25) is 23.6 Å². The van der Waals surface area contributed by atoms with E-state index in [1.807, 2.05) is 0 Å². The molecule has 0 unspecified atom stereocenters. The van der Waals surface area contributed by atoms with E-state index >= 15 is 0 Å². The summed E-state index contributed by atoms with van der Waals surface area (Å²) in [6, 6.07) is -2.85. The monoisotopic (exact) mass is 356 g/mol. The lowest BCUT2D eigenvalue weighted by atomic mass is 10.1. The lowest BCUT2D eigenvalue weighted by Gasteiger charge is -2.28. The Balaban J connectivity index is 2.83. The summed E-state index contributed by atoms with van der Waals surface area (Å²) in [6.45, 7) is 2.88. The summed E-state index contributed by atoms with van der Waals surface area (Å²) < 4.78 is 0. The second-order valence-electron chi connectivity index (χ2n) is 6.02. The fraction of sp³-hybridized carbons (Fsp3) is 0.667. The molecule has 1 aliphatic heterocycles. The van der Waals surface area contributed by atoms with Gasteiger partial charge in [-0.15, -0.1) is 0 Å². The van der Waals surface area contributed by atoms with Gasteiger partial charge in [0.1, 0.15) is 18.1 Å². The predicted molar refractivity (Wildman–Crippen MR) is 86.0 cm³/mol. The first kappa shape index (κ1) is 20.4. The van der Waals surface area contributed by atoms with Crippen LogP contribution in [0.3, 0.4) is 0 Å². The number of hydrogen-bond acceptors (Lipinski definition) is 5. The van der Waals surface area contributed by atoms with Crippen molar-refractivity contribution < 1.29 is 29.1 Å². The quantitative estimate of drug-likeness (QED) is 0.407. The molecule has 0 radical (unpaired) electrons. The third-order valence-corrected chi connectivity index (χ3v) is 3.92. The minimum absolute atomic E-state index is 0.0319. The van der Waals surface area contributed by atoms with Crippen molar-refractivity contribution in [2.75, 3.05) is 6.54 Å². The van der Waals surface area contributed by atoms with Gasteiger partial charge in [-0.25, -0.2) is 0 Å². The van der Waals surface area contributed by atoms with Crippen molar-refractivity contribution in [1.29, 1.82) is 0 Å². The molecule has 0 aromatic rings. The van der Waals surface area contributed by atoms with Crippen LogP contribution < -0.4 is 16.4 Å². The molecule has 4 amide bonds. The summed E-state index contributed by atoms with van der Waals surface area (Å²) in [6.07, 6.45) is 0.919. The van der Waals surface area contributed by atoms with Gasteiger partial charge < -0.3 is 26.4 Å². The molecule has 0 aliphatic carbocycles. The molecule has 1 rings (SSSR count). The first-order chi connectivity index (χ1) is 11.6. The Kier molecular flexibility index (Phi) is 7.34. The summed E-state index contributed by atoms with van der Waals surface area (Å²) in [5.74, 6) is -3.27. The van der Waals surface area contributed by atoms with Crippen molar-refractivity contribution in [3.63, 3.8) is 0 Å². The van der Waals surface area contributed by atoms with E-state index in [-0.39, 0.29) is 12.8 Å². The number of carbonyl (C=O) groups is 5. The molecule has 0 aromatic heterocycles. The number of likely N-dealkylation sites (tertiary alicyclic amines) is 1. The van der Waals surface area contributed by atoms with Crippen LogP contribution in [0.15, 0.2) is 0 Å². The normalized spacial score (nSPS) is 19.0. The molecule has 1 saturated heterocycles. The van der Waals surface area contributed by atoms with E-state index in [9.17, 15) is 24.0 Å². The van der Waals surface area contributed by atoms with E-state index in [4.69, 9.17) is 10.8 Å². The summed E-state index contributed by atoms with van der Waals surface area (Å²) in [5.41, 5.74) is 5.09. The third kappa shape index (κ3) is 6.05. The van der Waals surface area contributed by atoms with Crippen LogP contribution in [-0.4, -0.2) is 64.3 Å². The maximum absolute atomic E-state index is 12.7. The van der Waals surface area contributed by atoms with Crippen LogP contribution >= 0.6 is 0 Å². The molecule has 140 valence electrons. The molecule has 0 bridgehead atoms. The van der Waals surface area contributed by atoms with E-state index < -0.39 is 47.7 Å². The van der Waals surface area contributed by atoms with Gasteiger partial charge in [-0.1, -0.05) is 0 Å². The molecule has 0 aromatic carbocycles. The van der Waals surface area contributed by atoms with Gasteiger partial charge >= 0.3 is 5.97 Å². The lowest BCUT2D eigenvalue weighted by molar-refractivity contribution is -0.144. The van der Waals surface area contributed by atoms with Crippen molar-refractivity contribution in [3.8, 4) is 0 Å². The highest BCUT2D eigenvalue weighted by molar-refractivity contribution is 5.93. The standard InChI is InChI=1S/C15H24N4O6/c1-8(15(24)25)17-13(22)11-4-3-7-19(11)14(23)10(18-9(2)20)5-6-12(16)21/h8,10-11H,3-7H2,1-2H3,(H2,16,21)(H,17,22)(H,18,20)(H,24,25)/t8-,10-,11-/m0/s1. The van der Waals surface area contributed by atoms with Crippen LogP contribution in [0.5, 0.6) is 0 Å². The lowest BCUT2D eigenvalue weighted by Crippen LogP contribution is -2.54. The number of carboxylic acid groups (broad SMARTS) is 1. The first-order valence-electron chi connectivity index (χ1n) is 8.02. The van der Waals surface area contributed by atoms with E-state index in [1.54, 1.807) is 0 Å². The van der Waals surface area contributed by atoms with Gasteiger partial charge in [-0.05, 0) is 26.2 Å². The maximum Gasteiger partial charge on any atom is 0.325 e. The van der Waals surface area contributed by atoms with Gasteiger partial charge in [0, 0.05) is 19.9 Å². The number of amides is 4. The smallest absolute Gasteiger partial charge is 0.325 e. The number of primary amides is 1. The minimum atomic E-state index is -1.18. The molecular formula is C15H24N4O6. The van der Waals surface area contributed by atoms with Crippen LogP contribution in [0, 0.1) is 0 Å². The van der Waals surface area contributed by atoms with Gasteiger partial charge in [0.05, 0.1) is 0 Å². The van der Waals surface area contributed by atoms with E-state index in [0.717, 1.165) is 0 Å². The highest BCUT2D eigenvalue weighted by Crippen LogP contribution is 2.20. The number of nitrogens with zero attached hydrogens (tertiary/aromatic N) is 1. The van der Waals surface area contributed by atoms with Crippen molar-refractivity contribution in [3.05, 3.63) is 0 Å². The molecule has 1 fully saturated rings. The SMILES string of the molecule is CC(=O)N[C@@H](CCC(N)=O)C(=O)N1CCC[C@H]1C(=O)N[C@@H](C)C(=O)O. The van der Waals surface area contributed by atoms with E-state index in [0.29, 0.717) is 19.4 Å². The number of carboxylic acids is 1. The molecule has 1 heterocycles. The summed E-state index contributed by atoms with van der Waals surface area (Å²) in [7, 11) is 0. The Bertz CT molecular complexity index is 564. The fourth-order valence-electron chi connectivity index (χ4n) is 2.66. The molecule has 0 spiro atoms. The van der Waals surface area contributed by atoms with Crippen molar-refractivity contribution in [1.82, 2.24) is 15.5 Å². The third-order valence-electron chi connectivity index (χ3n) is 3.92. The van der Waals surface area contributed by atoms with Crippen molar-refractivity contribution in [2.45, 2.75) is 57.7 Å². The van der Waals surface area contributed by atoms with Crippen molar-refractivity contribution >= 4 is 29.6 Å². The van der Waals surface area contributed by atoms with E-state index in [1.165, 1.54) is 18.7 Å². The zero-order valence-electron chi connectivity index (χ0n) is 14.3. The Morgan fingerprint density at radius 3 is 2.40 bits per heavy atom. The molecular weight excluding hydrogens is 332 g/mol. The highest BCUT2D eigenvalue weighted by atomic mass is 16.4. The summed E-state index contributed by atoms with van der Waals surface area (Å²) >= 11 is 0. The number of nitrogens with two attached hydrogens (primary N) is 1. The molecule has 3 atom stereocenters. The van der Waals surface area contributed by atoms with Gasteiger partial charge in [0.15, 0.2) is 0 Å². The zero-order valence-corrected chi connectivity index (χ0v) is 14.3. The second-order valence-corrected chi connectivity index (χ2v) is 6.02. The van der Waals surface area contributed by atoms with E-state index in [2.05, 4.69) is 10.6 Å². The zero-order chi connectivity index (χ0) is 19.1. The molecule has 10 nitrogen and oxygen atoms in total. The Morgan fingerprint density at radius 1 is 1.24 bits per heavy atom. The number of rotatable bonds is 8. The number of nitrogens with one attached hydrogen (secondary N) is 2. The molecule has 0 saturated carbocycles. The second kappa shape index (κ2) is 9.00. The van der Waals surface area contributed by atoms with Gasteiger partial charge in [-0.2, -0.15) is 0 Å². The summed E-state index contributed by atoms with van der Waals surface area (Å²) in [5, 5.41) is 13.7. The average molecular weight is 356 g/mol. The van der Waals surface area contributed by atoms with Crippen LogP contribution in [0.4, 0.5) is 0 Å². The number of hydrogen-bond donors (Lipinski definition) is 4. The van der Waals surface area contributed by atoms with Crippen LogP contribution in [0.2, 0.25) is 0 Å². The first-order valence-corrected chi connectivity index (χ1v) is 8.02. The van der Waals surface area contributed by atoms with Crippen LogP contribution in [0.25, 0.3) is 0 Å². The molecule has 5 N–H and O–H groups in total. The summed E-state index contributed by atoms with van der Waals surface area (Å²) in [4.78, 5) is 59.4. The Morgan fingerprint density at radius 2 is 1.88 bits per heavy atom. The largest absolute Gasteiger partial charge is 0.480 e. The minimum Gasteiger partial charge on any atom is -0.480 e. The molecule has 25 heavy (non-hydrogen) atoms. The van der Waals surface area contributed by atoms with Gasteiger partial charge in [0.25, 0.3) is 0 Å². The topological polar surface area (TPSA) is 159 Å². The molecule has 1 aliphatic rings. The van der Waals surface area contributed by atoms with Crippen LogP contribution in [0.1, 0.15) is 39.5 Å². The predicted octanol–water partition coefficient (Wildman–Crippen LogP) is -1.66. The van der Waals surface area contributed by atoms with Crippen molar-refractivity contribution in [2.24, 2.45) is 5.73 Å². The Hall–Kier alpha value is -2.65. The Labute approximate surface area is 145 Å². The average Bonchev–Trinajstić information content (AvgIpc) is 2.99. The highest BCUT2D eigenvalue weighted by Gasteiger charge is 2.38. The van der Waals surface area contributed by atoms with Gasteiger partial charge in [-0.3, -0.25) is 24.0 Å².